The van der Waals surface area contributed by atoms with Crippen LogP contribution in [0.4, 0.5) is 5.82 Å². The van der Waals surface area contributed by atoms with Crippen LogP contribution in [0.2, 0.25) is 0 Å². The van der Waals surface area contributed by atoms with Gasteiger partial charge in [0.25, 0.3) is 5.91 Å². The zero-order valence-corrected chi connectivity index (χ0v) is 17.7. The van der Waals surface area contributed by atoms with Gasteiger partial charge in [-0.3, -0.25) is 19.5 Å². The molecule has 0 saturated carbocycles. The van der Waals surface area contributed by atoms with Crippen molar-refractivity contribution in [1.82, 2.24) is 25.3 Å². The minimum absolute atomic E-state index is 0.0243. The van der Waals surface area contributed by atoms with Gasteiger partial charge in [0.05, 0.1) is 24.4 Å². The van der Waals surface area contributed by atoms with Crippen molar-refractivity contribution in [3.05, 3.63) is 59.7 Å². The fourth-order valence-electron chi connectivity index (χ4n) is 3.94. The molecule has 0 spiro atoms. The van der Waals surface area contributed by atoms with Crippen LogP contribution in [0.25, 0.3) is 5.57 Å². The van der Waals surface area contributed by atoms with Crippen molar-refractivity contribution in [1.29, 1.82) is 0 Å². The van der Waals surface area contributed by atoms with Crippen LogP contribution in [0, 0.1) is 18.3 Å². The van der Waals surface area contributed by atoms with Gasteiger partial charge in [-0.2, -0.15) is 0 Å². The molecule has 2 aromatic heterocycles. The van der Waals surface area contributed by atoms with E-state index < -0.39 is 11.3 Å². The summed E-state index contributed by atoms with van der Waals surface area (Å²) < 4.78 is 0. The van der Waals surface area contributed by atoms with E-state index in [4.69, 9.17) is 5.11 Å². The van der Waals surface area contributed by atoms with Crippen molar-refractivity contribution in [2.75, 3.05) is 18.1 Å². The molecule has 1 unspecified atom stereocenters. The number of hydrogen-bond donors (Lipinski definition) is 2. The number of hydrogen-bond acceptors (Lipinski definition) is 7. The number of fused-ring (bicyclic) bond motifs is 1. The lowest BCUT2D eigenvalue weighted by Gasteiger charge is -2.25. The Morgan fingerprint density at radius 1 is 1.26 bits per heavy atom. The van der Waals surface area contributed by atoms with Crippen LogP contribution >= 0.6 is 0 Å². The second-order valence-corrected chi connectivity index (χ2v) is 8.14. The fraction of sp³-hybridized carbons (Fsp3) is 0.364. The summed E-state index contributed by atoms with van der Waals surface area (Å²) in [6, 6.07) is 0. The van der Waals surface area contributed by atoms with Gasteiger partial charge in [0.2, 0.25) is 5.91 Å². The minimum Gasteiger partial charge on any atom is -0.395 e. The van der Waals surface area contributed by atoms with Crippen LogP contribution in [0.15, 0.2) is 42.6 Å². The minimum atomic E-state index is -0.630. The van der Waals surface area contributed by atoms with Gasteiger partial charge in [0, 0.05) is 36.1 Å². The van der Waals surface area contributed by atoms with E-state index in [9.17, 15) is 9.59 Å². The SMILES string of the molecule is Cc1ncc(C2=CCC3C(=C2)N(c2cncc(C(=O)NCCO)n2)C(=O)C3(C)C)cn1. The number of carbonyl (C=O) groups is 2. The first-order valence-electron chi connectivity index (χ1n) is 10.1. The van der Waals surface area contributed by atoms with Gasteiger partial charge < -0.3 is 10.4 Å². The van der Waals surface area contributed by atoms with E-state index in [1.807, 2.05) is 26.8 Å². The third-order valence-electron chi connectivity index (χ3n) is 5.71. The highest BCUT2D eigenvalue weighted by Crippen LogP contribution is 2.50. The number of nitrogens with zero attached hydrogens (tertiary/aromatic N) is 5. The average Bonchev–Trinajstić information content (AvgIpc) is 2.97. The smallest absolute Gasteiger partial charge is 0.271 e. The summed E-state index contributed by atoms with van der Waals surface area (Å²) in [6.45, 7) is 5.61. The number of aryl methyl sites for hydroxylation is 1. The molecule has 1 atom stereocenters. The molecule has 1 aliphatic heterocycles. The lowest BCUT2D eigenvalue weighted by atomic mass is 9.75. The Balaban J connectivity index is 1.73. The maximum atomic E-state index is 13.4. The van der Waals surface area contributed by atoms with Gasteiger partial charge >= 0.3 is 0 Å². The number of rotatable bonds is 5. The van der Waals surface area contributed by atoms with Crippen molar-refractivity contribution in [2.45, 2.75) is 27.2 Å². The molecule has 31 heavy (non-hydrogen) atoms. The molecule has 0 bridgehead atoms. The van der Waals surface area contributed by atoms with Crippen LogP contribution in [0.5, 0.6) is 0 Å². The van der Waals surface area contributed by atoms with E-state index in [-0.39, 0.29) is 30.7 Å². The molecule has 2 aliphatic rings. The summed E-state index contributed by atoms with van der Waals surface area (Å²) in [5.74, 6) is 0.409. The summed E-state index contributed by atoms with van der Waals surface area (Å²) in [5.41, 5.74) is 2.08. The maximum absolute atomic E-state index is 13.4. The summed E-state index contributed by atoms with van der Waals surface area (Å²) in [4.78, 5) is 44.2. The van der Waals surface area contributed by atoms with Gasteiger partial charge in [-0.1, -0.05) is 19.9 Å². The Morgan fingerprint density at radius 2 is 2.00 bits per heavy atom. The molecule has 3 heterocycles. The Hall–Kier alpha value is -3.46. The first-order chi connectivity index (χ1) is 14.8. The number of allylic oxidation sites excluding steroid dienone is 4. The monoisotopic (exact) mass is 420 g/mol. The number of aliphatic hydroxyl groups excluding tert-OH is 1. The van der Waals surface area contributed by atoms with Crippen molar-refractivity contribution in [3.8, 4) is 0 Å². The van der Waals surface area contributed by atoms with E-state index in [0.717, 1.165) is 16.8 Å². The van der Waals surface area contributed by atoms with E-state index >= 15 is 0 Å². The summed E-state index contributed by atoms with van der Waals surface area (Å²) in [6.07, 6.45) is 11.1. The first-order valence-corrected chi connectivity index (χ1v) is 10.1. The molecule has 2 amide bonds. The number of anilines is 1. The lowest BCUT2D eigenvalue weighted by molar-refractivity contribution is -0.125. The summed E-state index contributed by atoms with van der Waals surface area (Å²) >= 11 is 0. The number of nitrogens with one attached hydrogen (secondary N) is 1. The molecule has 1 aliphatic carbocycles. The molecule has 0 aromatic carbocycles. The molecule has 0 radical (unpaired) electrons. The zero-order chi connectivity index (χ0) is 22.2. The van der Waals surface area contributed by atoms with Crippen molar-refractivity contribution >= 4 is 23.2 Å². The molecular weight excluding hydrogens is 396 g/mol. The molecule has 2 aromatic rings. The number of carbonyl (C=O) groups excluding carboxylic acids is 2. The topological polar surface area (TPSA) is 121 Å². The molecule has 9 nitrogen and oxygen atoms in total. The van der Waals surface area contributed by atoms with Gasteiger partial charge in [-0.05, 0) is 25.0 Å². The standard InChI is InChI=1S/C22H24N6O3/c1-13-25-9-15(10-26-13)14-4-5-16-18(8-14)28(21(31)22(16,2)3)19-12-23-11-17(27-19)20(30)24-6-7-29/h4,8-12,16,29H,5-7H2,1-3H3,(H,24,30). The van der Waals surface area contributed by atoms with E-state index in [0.29, 0.717) is 18.1 Å². The van der Waals surface area contributed by atoms with Crippen LogP contribution in [-0.2, 0) is 4.79 Å². The van der Waals surface area contributed by atoms with Crippen LogP contribution in [-0.4, -0.2) is 50.0 Å². The second-order valence-electron chi connectivity index (χ2n) is 8.14. The van der Waals surface area contributed by atoms with Crippen LogP contribution in [0.3, 0.4) is 0 Å². The average molecular weight is 420 g/mol. The third-order valence-corrected chi connectivity index (χ3v) is 5.71. The van der Waals surface area contributed by atoms with Crippen molar-refractivity contribution in [2.24, 2.45) is 11.3 Å². The van der Waals surface area contributed by atoms with E-state index in [1.54, 1.807) is 17.3 Å². The second kappa shape index (κ2) is 7.99. The molecule has 9 heteroatoms. The highest BCUT2D eigenvalue weighted by molar-refractivity contribution is 6.04. The van der Waals surface area contributed by atoms with Gasteiger partial charge in [0.15, 0.2) is 5.82 Å². The van der Waals surface area contributed by atoms with Crippen LogP contribution < -0.4 is 10.2 Å². The largest absolute Gasteiger partial charge is 0.395 e. The summed E-state index contributed by atoms with van der Waals surface area (Å²) in [5, 5.41) is 11.5. The predicted molar refractivity (Wildman–Crippen MR) is 114 cm³/mol. The van der Waals surface area contributed by atoms with Gasteiger partial charge in [-0.15, -0.1) is 0 Å². The Bertz CT molecular complexity index is 1090. The van der Waals surface area contributed by atoms with Crippen molar-refractivity contribution < 1.29 is 14.7 Å². The highest BCUT2D eigenvalue weighted by Gasteiger charge is 2.52. The normalized spacial score (nSPS) is 19.5. The third kappa shape index (κ3) is 3.72. The molecule has 1 saturated heterocycles. The molecule has 4 rings (SSSR count). The number of aromatic nitrogens is 4. The highest BCUT2D eigenvalue weighted by atomic mass is 16.3. The maximum Gasteiger partial charge on any atom is 0.271 e. The first kappa shape index (κ1) is 20.8. The quantitative estimate of drug-likeness (QED) is 0.754. The zero-order valence-electron chi connectivity index (χ0n) is 17.7. The van der Waals surface area contributed by atoms with Crippen LogP contribution in [0.1, 0.15) is 42.1 Å². The Labute approximate surface area is 180 Å². The van der Waals surface area contributed by atoms with E-state index in [2.05, 4.69) is 31.3 Å². The van der Waals surface area contributed by atoms with Crippen molar-refractivity contribution in [3.63, 3.8) is 0 Å². The molecule has 1 fully saturated rings. The number of amides is 2. The number of aliphatic hydroxyl groups is 1. The summed E-state index contributed by atoms with van der Waals surface area (Å²) in [7, 11) is 0. The Kier molecular flexibility index (Phi) is 5.36. The van der Waals surface area contributed by atoms with Gasteiger partial charge in [0.1, 0.15) is 11.5 Å². The Morgan fingerprint density at radius 3 is 2.71 bits per heavy atom. The molecule has 160 valence electrons. The predicted octanol–water partition coefficient (Wildman–Crippen LogP) is 1.66. The van der Waals surface area contributed by atoms with Gasteiger partial charge in [-0.25, -0.2) is 15.0 Å². The molecular formula is C22H24N6O3. The molecule has 2 N–H and O–H groups in total. The fourth-order valence-corrected chi connectivity index (χ4v) is 3.94. The van der Waals surface area contributed by atoms with E-state index in [1.165, 1.54) is 12.4 Å². The lowest BCUT2D eigenvalue weighted by Crippen LogP contribution is -2.33.